The standard InChI is InChI=1S/C12H11F3O3/c1-3-4-8-5-6-9(10(7-8)17-2)18-11(16)12(13,14)15/h3-7H,1-2H3. The topological polar surface area (TPSA) is 35.5 Å². The summed E-state index contributed by atoms with van der Waals surface area (Å²) < 4.78 is 45.2. The van der Waals surface area contributed by atoms with Crippen molar-refractivity contribution in [3.05, 3.63) is 29.8 Å². The molecule has 0 unspecified atom stereocenters. The first-order valence-corrected chi connectivity index (χ1v) is 4.98. The molecule has 0 aliphatic rings. The predicted octanol–water partition coefficient (Wildman–Crippen LogP) is 3.20. The van der Waals surface area contributed by atoms with Crippen LogP contribution in [0.5, 0.6) is 11.5 Å². The maximum atomic E-state index is 12.0. The van der Waals surface area contributed by atoms with Crippen molar-refractivity contribution in [2.45, 2.75) is 13.1 Å². The number of hydrogen-bond donors (Lipinski definition) is 0. The molecule has 98 valence electrons. The summed E-state index contributed by atoms with van der Waals surface area (Å²) in [5.74, 6) is -2.49. The zero-order valence-electron chi connectivity index (χ0n) is 9.75. The van der Waals surface area contributed by atoms with E-state index in [0.717, 1.165) is 5.56 Å². The Balaban J connectivity index is 3.00. The summed E-state index contributed by atoms with van der Waals surface area (Å²) in [6.45, 7) is 1.80. The molecule has 0 amide bonds. The predicted molar refractivity (Wildman–Crippen MR) is 59.4 cm³/mol. The van der Waals surface area contributed by atoms with Gasteiger partial charge in [-0.3, -0.25) is 0 Å². The van der Waals surface area contributed by atoms with Crippen LogP contribution < -0.4 is 9.47 Å². The van der Waals surface area contributed by atoms with Gasteiger partial charge in [-0.05, 0) is 24.6 Å². The normalized spacial score (nSPS) is 11.6. The fourth-order valence-corrected chi connectivity index (χ4v) is 1.22. The number of hydrogen-bond acceptors (Lipinski definition) is 3. The summed E-state index contributed by atoms with van der Waals surface area (Å²) in [5, 5.41) is 0. The molecular weight excluding hydrogens is 249 g/mol. The smallest absolute Gasteiger partial charge is 0.491 e. The number of halogens is 3. The molecule has 0 saturated heterocycles. The van der Waals surface area contributed by atoms with E-state index in [-0.39, 0.29) is 11.5 Å². The lowest BCUT2D eigenvalue weighted by Crippen LogP contribution is -2.28. The average Bonchev–Trinajstić information content (AvgIpc) is 2.30. The van der Waals surface area contributed by atoms with Gasteiger partial charge in [-0.1, -0.05) is 18.2 Å². The zero-order chi connectivity index (χ0) is 13.8. The van der Waals surface area contributed by atoms with E-state index < -0.39 is 12.1 Å². The van der Waals surface area contributed by atoms with Crippen LogP contribution in [0.15, 0.2) is 24.3 Å². The molecule has 0 atom stereocenters. The Morgan fingerprint density at radius 1 is 1.28 bits per heavy atom. The van der Waals surface area contributed by atoms with Gasteiger partial charge in [0.05, 0.1) is 7.11 Å². The van der Waals surface area contributed by atoms with E-state index in [1.54, 1.807) is 19.1 Å². The molecule has 18 heavy (non-hydrogen) atoms. The third kappa shape index (κ3) is 3.51. The first-order chi connectivity index (χ1) is 8.38. The molecule has 0 spiro atoms. The van der Waals surface area contributed by atoms with E-state index in [2.05, 4.69) is 4.74 Å². The van der Waals surface area contributed by atoms with Gasteiger partial charge in [-0.2, -0.15) is 13.2 Å². The minimum atomic E-state index is -5.03. The molecule has 0 aliphatic heterocycles. The molecule has 1 rings (SSSR count). The molecule has 0 N–H and O–H groups in total. The Hall–Kier alpha value is -1.98. The molecule has 0 fully saturated rings. The van der Waals surface area contributed by atoms with Crippen molar-refractivity contribution in [2.24, 2.45) is 0 Å². The van der Waals surface area contributed by atoms with Crippen LogP contribution >= 0.6 is 0 Å². The van der Waals surface area contributed by atoms with E-state index >= 15 is 0 Å². The summed E-state index contributed by atoms with van der Waals surface area (Å²) in [6, 6.07) is 4.23. The van der Waals surface area contributed by atoms with Crippen LogP contribution in [0, 0.1) is 0 Å². The van der Waals surface area contributed by atoms with Gasteiger partial charge >= 0.3 is 12.1 Å². The Labute approximate surface area is 102 Å². The Morgan fingerprint density at radius 3 is 2.44 bits per heavy atom. The number of alkyl halides is 3. The van der Waals surface area contributed by atoms with Crippen molar-refractivity contribution >= 4 is 12.0 Å². The van der Waals surface area contributed by atoms with Crippen molar-refractivity contribution < 1.29 is 27.4 Å². The zero-order valence-corrected chi connectivity index (χ0v) is 9.75. The largest absolute Gasteiger partial charge is 0.493 e. The summed E-state index contributed by atoms with van der Waals surface area (Å²) in [6.07, 6.45) is -1.54. The minimum absolute atomic E-state index is 0.0585. The third-order valence-corrected chi connectivity index (χ3v) is 1.98. The van der Waals surface area contributed by atoms with Gasteiger partial charge in [0.1, 0.15) is 0 Å². The maximum absolute atomic E-state index is 12.0. The van der Waals surface area contributed by atoms with Crippen LogP contribution in [0.4, 0.5) is 13.2 Å². The second-order valence-electron chi connectivity index (χ2n) is 3.30. The van der Waals surface area contributed by atoms with Crippen molar-refractivity contribution in [3.8, 4) is 11.5 Å². The monoisotopic (exact) mass is 260 g/mol. The van der Waals surface area contributed by atoms with E-state index in [4.69, 9.17) is 4.74 Å². The number of carbonyl (C=O) groups excluding carboxylic acids is 1. The summed E-state index contributed by atoms with van der Waals surface area (Å²) in [4.78, 5) is 10.7. The fourth-order valence-electron chi connectivity index (χ4n) is 1.22. The van der Waals surface area contributed by atoms with Crippen molar-refractivity contribution in [1.29, 1.82) is 0 Å². The fraction of sp³-hybridized carbons (Fsp3) is 0.250. The molecule has 0 bridgehead atoms. The first kappa shape index (κ1) is 14.1. The minimum Gasteiger partial charge on any atom is -0.493 e. The van der Waals surface area contributed by atoms with Gasteiger partial charge < -0.3 is 9.47 Å². The van der Waals surface area contributed by atoms with Crippen LogP contribution in [-0.4, -0.2) is 19.3 Å². The lowest BCUT2D eigenvalue weighted by molar-refractivity contribution is -0.189. The van der Waals surface area contributed by atoms with E-state index in [9.17, 15) is 18.0 Å². The second kappa shape index (κ2) is 5.57. The summed E-state index contributed by atoms with van der Waals surface area (Å²) in [7, 11) is 1.28. The third-order valence-electron chi connectivity index (χ3n) is 1.98. The number of rotatable bonds is 3. The molecule has 1 aromatic carbocycles. The van der Waals surface area contributed by atoms with E-state index in [1.807, 2.05) is 0 Å². The SMILES string of the molecule is CC=Cc1ccc(OC(=O)C(F)(F)F)c(OC)c1. The van der Waals surface area contributed by atoms with Crippen LogP contribution in [0.2, 0.25) is 0 Å². The summed E-state index contributed by atoms with van der Waals surface area (Å²) >= 11 is 0. The van der Waals surface area contributed by atoms with Gasteiger partial charge in [0.25, 0.3) is 0 Å². The summed E-state index contributed by atoms with van der Waals surface area (Å²) in [5.41, 5.74) is 0.723. The van der Waals surface area contributed by atoms with Crippen molar-refractivity contribution in [1.82, 2.24) is 0 Å². The number of carbonyl (C=O) groups is 1. The van der Waals surface area contributed by atoms with Gasteiger partial charge in [0.2, 0.25) is 0 Å². The lowest BCUT2D eigenvalue weighted by Gasteiger charge is -2.11. The molecule has 0 radical (unpaired) electrons. The van der Waals surface area contributed by atoms with Gasteiger partial charge in [-0.25, -0.2) is 4.79 Å². The Bertz CT molecular complexity index is 464. The highest BCUT2D eigenvalue weighted by molar-refractivity contribution is 5.79. The highest BCUT2D eigenvalue weighted by Crippen LogP contribution is 2.30. The molecule has 0 aromatic heterocycles. The molecule has 1 aromatic rings. The Morgan fingerprint density at radius 2 is 1.94 bits per heavy atom. The van der Waals surface area contributed by atoms with Gasteiger partial charge in [0, 0.05) is 0 Å². The van der Waals surface area contributed by atoms with Crippen molar-refractivity contribution in [3.63, 3.8) is 0 Å². The van der Waals surface area contributed by atoms with Crippen LogP contribution in [0.25, 0.3) is 6.08 Å². The molecule has 6 heteroatoms. The molecular formula is C12H11F3O3. The van der Waals surface area contributed by atoms with E-state index in [0.29, 0.717) is 0 Å². The molecule has 0 aliphatic carbocycles. The Kier molecular flexibility index (Phi) is 4.36. The first-order valence-electron chi connectivity index (χ1n) is 4.98. The highest BCUT2D eigenvalue weighted by atomic mass is 19.4. The number of ether oxygens (including phenoxy) is 2. The highest BCUT2D eigenvalue weighted by Gasteiger charge is 2.41. The quantitative estimate of drug-likeness (QED) is 0.618. The molecule has 0 saturated carbocycles. The number of benzene rings is 1. The number of allylic oxidation sites excluding steroid dienone is 1. The number of esters is 1. The average molecular weight is 260 g/mol. The lowest BCUT2D eigenvalue weighted by atomic mass is 10.2. The van der Waals surface area contributed by atoms with E-state index in [1.165, 1.54) is 25.3 Å². The maximum Gasteiger partial charge on any atom is 0.491 e. The number of methoxy groups -OCH3 is 1. The van der Waals surface area contributed by atoms with Crippen LogP contribution in [0.1, 0.15) is 12.5 Å². The molecule has 3 nitrogen and oxygen atoms in total. The molecule has 0 heterocycles. The second-order valence-corrected chi connectivity index (χ2v) is 3.30. The van der Waals surface area contributed by atoms with Crippen LogP contribution in [0.3, 0.4) is 0 Å². The van der Waals surface area contributed by atoms with Gasteiger partial charge in [0.15, 0.2) is 11.5 Å². The van der Waals surface area contributed by atoms with Crippen molar-refractivity contribution in [2.75, 3.05) is 7.11 Å². The van der Waals surface area contributed by atoms with Crippen LogP contribution in [-0.2, 0) is 4.79 Å². The van der Waals surface area contributed by atoms with Gasteiger partial charge in [-0.15, -0.1) is 0 Å².